The van der Waals surface area contributed by atoms with E-state index in [1.54, 1.807) is 0 Å². The minimum Gasteiger partial charge on any atom is -0.452 e. The summed E-state index contributed by atoms with van der Waals surface area (Å²) in [7, 11) is 0. The van der Waals surface area contributed by atoms with E-state index in [0.717, 1.165) is 44.9 Å². The molecule has 5 aliphatic carbocycles. The Balaban J connectivity index is 1.36. The second kappa shape index (κ2) is 5.96. The van der Waals surface area contributed by atoms with E-state index in [1.807, 2.05) is 0 Å². The number of carbonyl (C=O) groups is 3. The highest BCUT2D eigenvalue weighted by atomic mass is 79.9. The zero-order chi connectivity index (χ0) is 17.8. The molecule has 0 aromatic rings. The number of hydrogen-bond donors (Lipinski definition) is 2. The summed E-state index contributed by atoms with van der Waals surface area (Å²) in [4.78, 5) is 36.7. The molecule has 0 aromatic heterocycles. The lowest BCUT2D eigenvalue weighted by Gasteiger charge is -2.58. The van der Waals surface area contributed by atoms with E-state index in [1.165, 1.54) is 13.3 Å². The molecule has 2 N–H and O–H groups in total. The maximum atomic E-state index is 12.9. The van der Waals surface area contributed by atoms with Crippen molar-refractivity contribution in [2.24, 2.45) is 17.3 Å². The molecule has 5 fully saturated rings. The van der Waals surface area contributed by atoms with Gasteiger partial charge < -0.3 is 10.1 Å². The average molecular weight is 413 g/mol. The van der Waals surface area contributed by atoms with Gasteiger partial charge in [0.25, 0.3) is 5.91 Å². The summed E-state index contributed by atoms with van der Waals surface area (Å²) < 4.78 is 5.57. The minimum absolute atomic E-state index is 0.0613. The van der Waals surface area contributed by atoms with Crippen LogP contribution in [0.4, 0.5) is 4.79 Å². The summed E-state index contributed by atoms with van der Waals surface area (Å²) in [5, 5.41) is 4.95. The summed E-state index contributed by atoms with van der Waals surface area (Å²) >= 11 is 3.88. The van der Waals surface area contributed by atoms with Crippen LogP contribution in [0.5, 0.6) is 0 Å². The molecule has 4 bridgehead atoms. The van der Waals surface area contributed by atoms with E-state index >= 15 is 0 Å². The number of nitrogens with one attached hydrogen (secondary N) is 2. The highest BCUT2D eigenvalue weighted by Crippen LogP contribution is 2.64. The van der Waals surface area contributed by atoms with Crippen LogP contribution in [0, 0.1) is 17.3 Å². The van der Waals surface area contributed by atoms with E-state index in [0.29, 0.717) is 11.8 Å². The first-order valence-electron chi connectivity index (χ1n) is 9.28. The van der Waals surface area contributed by atoms with Crippen LogP contribution in [-0.4, -0.2) is 34.4 Å². The highest BCUT2D eigenvalue weighted by Gasteiger charge is 2.60. The second-order valence-corrected chi connectivity index (χ2v) is 10.4. The predicted octanol–water partition coefficient (Wildman–Crippen LogP) is 2.64. The zero-order valence-corrected chi connectivity index (χ0v) is 16.1. The number of rotatable bonds is 4. The molecule has 6 nitrogen and oxygen atoms in total. The Bertz CT molecular complexity index is 604. The maximum absolute atomic E-state index is 12.9. The molecule has 3 atom stereocenters. The summed E-state index contributed by atoms with van der Waals surface area (Å²) in [6.07, 6.45) is 6.94. The molecule has 0 aliphatic heterocycles. The van der Waals surface area contributed by atoms with Gasteiger partial charge in [0.05, 0.1) is 5.41 Å². The second-order valence-electron chi connectivity index (χ2n) is 8.68. The third-order valence-electron chi connectivity index (χ3n) is 6.23. The van der Waals surface area contributed by atoms with Gasteiger partial charge >= 0.3 is 12.0 Å². The van der Waals surface area contributed by atoms with Crippen molar-refractivity contribution in [2.45, 2.75) is 74.8 Å². The smallest absolute Gasteiger partial charge is 0.321 e. The van der Waals surface area contributed by atoms with Gasteiger partial charge in [0.15, 0.2) is 6.10 Å². The number of alkyl halides is 1. The van der Waals surface area contributed by atoms with E-state index in [-0.39, 0.29) is 16.3 Å². The summed E-state index contributed by atoms with van der Waals surface area (Å²) in [5.74, 6) is 0.309. The molecule has 25 heavy (non-hydrogen) atoms. The van der Waals surface area contributed by atoms with Gasteiger partial charge in [-0.25, -0.2) is 4.79 Å². The number of carbonyl (C=O) groups excluding carboxylic acids is 3. The molecule has 0 aromatic carbocycles. The lowest BCUT2D eigenvalue weighted by atomic mass is 9.49. The first-order valence-corrected chi connectivity index (χ1v) is 10.1. The SMILES string of the molecule is CC(OC(=O)C12CC3CC(CC(Br)(C3)C1)C2)C(=O)NC(=O)NC1CC1. The monoisotopic (exact) mass is 412 g/mol. The molecular formula is C18H25BrN2O4. The van der Waals surface area contributed by atoms with Gasteiger partial charge in [0.2, 0.25) is 0 Å². The van der Waals surface area contributed by atoms with Gasteiger partial charge in [-0.05, 0) is 70.1 Å². The Labute approximate surface area is 155 Å². The summed E-state index contributed by atoms with van der Waals surface area (Å²) in [5.41, 5.74) is -0.460. The molecule has 3 unspecified atom stereocenters. The number of urea groups is 1. The molecule has 0 heterocycles. The number of ether oxygens (including phenoxy) is 1. The molecule has 0 radical (unpaired) electrons. The van der Waals surface area contributed by atoms with Gasteiger partial charge in [-0.3, -0.25) is 14.9 Å². The van der Waals surface area contributed by atoms with Crippen LogP contribution in [0.3, 0.4) is 0 Å². The molecule has 5 aliphatic rings. The molecule has 3 amide bonds. The van der Waals surface area contributed by atoms with Crippen LogP contribution in [0.15, 0.2) is 0 Å². The predicted molar refractivity (Wildman–Crippen MR) is 94.0 cm³/mol. The number of hydrogen-bond acceptors (Lipinski definition) is 4. The van der Waals surface area contributed by atoms with Crippen molar-refractivity contribution >= 4 is 33.8 Å². The molecule has 7 heteroatoms. The van der Waals surface area contributed by atoms with Crippen molar-refractivity contribution < 1.29 is 19.1 Å². The molecule has 5 saturated carbocycles. The quantitative estimate of drug-likeness (QED) is 0.548. The van der Waals surface area contributed by atoms with Crippen LogP contribution in [0.2, 0.25) is 0 Å². The van der Waals surface area contributed by atoms with Gasteiger partial charge in [-0.2, -0.15) is 0 Å². The Hall–Kier alpha value is -1.11. The normalized spacial score (nSPS) is 39.6. The molecule has 5 rings (SSSR count). The standard InChI is InChI=1S/C18H25BrN2O4/c1-10(14(22)21-16(24)20-13-2-3-13)25-15(23)17-5-11-4-12(6-17)8-18(19,7-11)9-17/h10-13H,2-9H2,1H3,(H2,20,21,22,24). The topological polar surface area (TPSA) is 84.5 Å². The third-order valence-corrected chi connectivity index (χ3v) is 7.15. The lowest BCUT2D eigenvalue weighted by molar-refractivity contribution is -0.176. The molecule has 0 saturated heterocycles. The van der Waals surface area contributed by atoms with E-state index in [4.69, 9.17) is 4.74 Å². The van der Waals surface area contributed by atoms with E-state index < -0.39 is 23.5 Å². The van der Waals surface area contributed by atoms with Gasteiger partial charge in [0, 0.05) is 10.4 Å². The Morgan fingerprint density at radius 1 is 1.12 bits per heavy atom. The third kappa shape index (κ3) is 3.44. The fourth-order valence-corrected chi connectivity index (χ4v) is 6.84. The average Bonchev–Trinajstić information content (AvgIpc) is 3.28. The van der Waals surface area contributed by atoms with Crippen LogP contribution < -0.4 is 10.6 Å². The van der Waals surface area contributed by atoms with Gasteiger partial charge in [0.1, 0.15) is 0 Å². The van der Waals surface area contributed by atoms with Crippen molar-refractivity contribution in [3.63, 3.8) is 0 Å². The Kier molecular flexibility index (Phi) is 4.13. The van der Waals surface area contributed by atoms with Crippen molar-refractivity contribution in [2.75, 3.05) is 0 Å². The van der Waals surface area contributed by atoms with Gasteiger partial charge in [-0.1, -0.05) is 15.9 Å². The molecule has 138 valence electrons. The van der Waals surface area contributed by atoms with Crippen LogP contribution in [0.1, 0.15) is 58.3 Å². The van der Waals surface area contributed by atoms with Crippen molar-refractivity contribution in [1.82, 2.24) is 10.6 Å². The van der Waals surface area contributed by atoms with Crippen molar-refractivity contribution in [3.8, 4) is 0 Å². The first kappa shape index (κ1) is 17.3. The fraction of sp³-hybridized carbons (Fsp3) is 0.833. The Morgan fingerprint density at radius 2 is 1.76 bits per heavy atom. The maximum Gasteiger partial charge on any atom is 0.321 e. The minimum atomic E-state index is -0.961. The number of imide groups is 1. The number of amides is 3. The number of esters is 1. The molecule has 0 spiro atoms. The highest BCUT2D eigenvalue weighted by molar-refractivity contribution is 9.10. The lowest BCUT2D eigenvalue weighted by Crippen LogP contribution is -2.57. The van der Waals surface area contributed by atoms with Crippen molar-refractivity contribution in [1.29, 1.82) is 0 Å². The summed E-state index contributed by atoms with van der Waals surface area (Å²) in [6.45, 7) is 1.53. The molecular weight excluding hydrogens is 388 g/mol. The first-order chi connectivity index (χ1) is 11.8. The Morgan fingerprint density at radius 3 is 2.32 bits per heavy atom. The fourth-order valence-electron chi connectivity index (χ4n) is 5.39. The van der Waals surface area contributed by atoms with Crippen LogP contribution in [0.25, 0.3) is 0 Å². The van der Waals surface area contributed by atoms with E-state index in [9.17, 15) is 14.4 Å². The number of halogens is 1. The largest absolute Gasteiger partial charge is 0.452 e. The van der Waals surface area contributed by atoms with Crippen LogP contribution in [-0.2, 0) is 14.3 Å². The van der Waals surface area contributed by atoms with E-state index in [2.05, 4.69) is 26.6 Å². The zero-order valence-electron chi connectivity index (χ0n) is 14.5. The van der Waals surface area contributed by atoms with Crippen LogP contribution >= 0.6 is 15.9 Å². The van der Waals surface area contributed by atoms with Gasteiger partial charge in [-0.15, -0.1) is 0 Å². The summed E-state index contributed by atoms with van der Waals surface area (Å²) in [6, 6.07) is -0.336. The van der Waals surface area contributed by atoms with Crippen molar-refractivity contribution in [3.05, 3.63) is 0 Å².